The minimum atomic E-state index is -0.123. The molecular formula is C24H27N3O2S. The zero-order valence-corrected chi connectivity index (χ0v) is 18.8. The second-order valence-electron chi connectivity index (χ2n) is 7.45. The molecule has 1 amide bonds. The summed E-state index contributed by atoms with van der Waals surface area (Å²) < 4.78 is 1.65. The number of aromatic nitrogens is 2. The molecule has 0 fully saturated rings. The molecule has 3 aromatic rings. The van der Waals surface area contributed by atoms with E-state index in [1.165, 1.54) is 11.8 Å². The Morgan fingerprint density at radius 1 is 1.13 bits per heavy atom. The quantitative estimate of drug-likeness (QED) is 0.320. The van der Waals surface area contributed by atoms with Gasteiger partial charge in [0, 0.05) is 13.1 Å². The maximum atomic E-state index is 13.4. The Morgan fingerprint density at radius 3 is 2.43 bits per heavy atom. The van der Waals surface area contributed by atoms with E-state index in [4.69, 9.17) is 4.98 Å². The van der Waals surface area contributed by atoms with E-state index >= 15 is 0 Å². The monoisotopic (exact) mass is 421 g/mol. The van der Waals surface area contributed by atoms with Gasteiger partial charge in [0.15, 0.2) is 5.16 Å². The van der Waals surface area contributed by atoms with Crippen LogP contribution in [0.15, 0.2) is 64.6 Å². The number of benzene rings is 2. The van der Waals surface area contributed by atoms with Crippen LogP contribution >= 0.6 is 11.8 Å². The fraction of sp³-hybridized carbons (Fsp3) is 0.292. The fourth-order valence-electron chi connectivity index (χ4n) is 3.48. The summed E-state index contributed by atoms with van der Waals surface area (Å²) in [5, 5.41) is 1.09. The standard InChI is InChI=1S/C24H27N3O2S/c1-6-26(14-16(2)3)21(28)15-30-24-25-20-13-8-7-12-19(20)23(29)27(24)22-17(4)10-9-11-18(22)5/h7-13H,2,6,14-15H2,1,3-5H3. The minimum absolute atomic E-state index is 0.000892. The third kappa shape index (κ3) is 4.49. The number of nitrogens with zero attached hydrogens (tertiary/aromatic N) is 3. The van der Waals surface area contributed by atoms with Gasteiger partial charge < -0.3 is 4.90 Å². The number of hydrogen-bond donors (Lipinski definition) is 0. The minimum Gasteiger partial charge on any atom is -0.338 e. The van der Waals surface area contributed by atoms with Gasteiger partial charge >= 0.3 is 0 Å². The number of likely N-dealkylation sites (N-methyl/N-ethyl adjacent to an activating group) is 1. The van der Waals surface area contributed by atoms with Gasteiger partial charge in [0.25, 0.3) is 5.56 Å². The molecule has 0 unspecified atom stereocenters. The van der Waals surface area contributed by atoms with Crippen molar-refractivity contribution in [3.63, 3.8) is 0 Å². The molecule has 0 spiro atoms. The predicted octanol–water partition coefficient (Wildman–Crippen LogP) is 4.52. The Morgan fingerprint density at radius 2 is 1.80 bits per heavy atom. The van der Waals surface area contributed by atoms with Gasteiger partial charge in [-0.2, -0.15) is 0 Å². The van der Waals surface area contributed by atoms with E-state index in [1.54, 1.807) is 15.5 Å². The number of thioether (sulfide) groups is 1. The van der Waals surface area contributed by atoms with Crippen LogP contribution in [0.4, 0.5) is 0 Å². The molecule has 0 aliphatic carbocycles. The first-order valence-electron chi connectivity index (χ1n) is 9.96. The van der Waals surface area contributed by atoms with Crippen molar-refractivity contribution in [3.8, 4) is 5.69 Å². The van der Waals surface area contributed by atoms with Crippen molar-refractivity contribution in [2.45, 2.75) is 32.9 Å². The summed E-state index contributed by atoms with van der Waals surface area (Å²) >= 11 is 1.30. The Hall–Kier alpha value is -2.86. The van der Waals surface area contributed by atoms with Gasteiger partial charge in [0.05, 0.1) is 22.3 Å². The molecule has 0 saturated heterocycles. The Balaban J connectivity index is 2.09. The van der Waals surface area contributed by atoms with Crippen molar-refractivity contribution in [2.75, 3.05) is 18.8 Å². The molecule has 0 aliphatic heterocycles. The molecule has 156 valence electrons. The largest absolute Gasteiger partial charge is 0.338 e. The van der Waals surface area contributed by atoms with Crippen LogP contribution in [0, 0.1) is 13.8 Å². The first kappa shape index (κ1) is 21.8. The number of carbonyl (C=O) groups excluding carboxylic acids is 1. The van der Waals surface area contributed by atoms with E-state index < -0.39 is 0 Å². The van der Waals surface area contributed by atoms with E-state index in [-0.39, 0.29) is 17.2 Å². The maximum absolute atomic E-state index is 13.4. The highest BCUT2D eigenvalue weighted by Gasteiger charge is 2.19. The lowest BCUT2D eigenvalue weighted by Crippen LogP contribution is -2.33. The van der Waals surface area contributed by atoms with Gasteiger partial charge in [-0.25, -0.2) is 4.98 Å². The summed E-state index contributed by atoms with van der Waals surface area (Å²) in [5.41, 5.74) is 4.24. The summed E-state index contributed by atoms with van der Waals surface area (Å²) in [4.78, 5) is 32.7. The Kier molecular flexibility index (Phi) is 6.77. The topological polar surface area (TPSA) is 55.2 Å². The summed E-state index contributed by atoms with van der Waals surface area (Å²) in [5.74, 6) is 0.206. The van der Waals surface area contributed by atoms with E-state index in [0.717, 1.165) is 22.4 Å². The third-order valence-corrected chi connectivity index (χ3v) is 5.85. The van der Waals surface area contributed by atoms with Crippen LogP contribution in [-0.4, -0.2) is 39.2 Å². The van der Waals surface area contributed by atoms with E-state index in [9.17, 15) is 9.59 Å². The lowest BCUT2D eigenvalue weighted by atomic mass is 10.1. The van der Waals surface area contributed by atoms with E-state index in [0.29, 0.717) is 29.1 Å². The number of amides is 1. The van der Waals surface area contributed by atoms with Crippen LogP contribution in [0.25, 0.3) is 16.6 Å². The van der Waals surface area contributed by atoms with Crippen LogP contribution in [0.2, 0.25) is 0 Å². The zero-order chi connectivity index (χ0) is 21.8. The highest BCUT2D eigenvalue weighted by Crippen LogP contribution is 2.25. The van der Waals surface area contributed by atoms with Gasteiger partial charge in [-0.15, -0.1) is 0 Å². The number of rotatable bonds is 7. The zero-order valence-electron chi connectivity index (χ0n) is 17.9. The molecule has 6 heteroatoms. The molecule has 0 N–H and O–H groups in total. The molecule has 0 atom stereocenters. The molecule has 3 rings (SSSR count). The first-order chi connectivity index (χ1) is 14.3. The van der Waals surface area contributed by atoms with Crippen LogP contribution in [0.3, 0.4) is 0 Å². The van der Waals surface area contributed by atoms with Crippen LogP contribution in [0.1, 0.15) is 25.0 Å². The number of aryl methyl sites for hydroxylation is 2. The molecule has 0 bridgehead atoms. The van der Waals surface area contributed by atoms with Gasteiger partial charge in [0.2, 0.25) is 5.91 Å². The van der Waals surface area contributed by atoms with Gasteiger partial charge in [-0.3, -0.25) is 14.2 Å². The molecule has 2 aromatic carbocycles. The molecule has 5 nitrogen and oxygen atoms in total. The highest BCUT2D eigenvalue weighted by molar-refractivity contribution is 7.99. The van der Waals surface area contributed by atoms with Gasteiger partial charge in [-0.05, 0) is 51.0 Å². The maximum Gasteiger partial charge on any atom is 0.266 e. The van der Waals surface area contributed by atoms with Gasteiger partial charge in [-0.1, -0.05) is 54.2 Å². The summed E-state index contributed by atoms with van der Waals surface area (Å²) in [6, 6.07) is 13.3. The van der Waals surface area contributed by atoms with Crippen molar-refractivity contribution in [2.24, 2.45) is 0 Å². The van der Waals surface area contributed by atoms with Crippen LogP contribution in [-0.2, 0) is 4.79 Å². The van der Waals surface area contributed by atoms with Crippen molar-refractivity contribution < 1.29 is 4.79 Å². The molecule has 0 radical (unpaired) electrons. The number of carbonyl (C=O) groups is 1. The Labute approximate surface area is 181 Å². The second-order valence-corrected chi connectivity index (χ2v) is 8.39. The summed E-state index contributed by atoms with van der Waals surface area (Å²) in [7, 11) is 0. The highest BCUT2D eigenvalue weighted by atomic mass is 32.2. The number of fused-ring (bicyclic) bond motifs is 1. The average molecular weight is 422 g/mol. The summed E-state index contributed by atoms with van der Waals surface area (Å²) in [6.45, 7) is 12.9. The predicted molar refractivity (Wildman–Crippen MR) is 125 cm³/mol. The van der Waals surface area contributed by atoms with E-state index in [2.05, 4.69) is 6.58 Å². The van der Waals surface area contributed by atoms with E-state index in [1.807, 2.05) is 64.1 Å². The lowest BCUT2D eigenvalue weighted by Gasteiger charge is -2.21. The molecule has 1 aromatic heterocycles. The smallest absolute Gasteiger partial charge is 0.266 e. The first-order valence-corrected chi connectivity index (χ1v) is 10.9. The number of hydrogen-bond acceptors (Lipinski definition) is 4. The Bertz CT molecular complexity index is 1150. The van der Waals surface area contributed by atoms with Crippen LogP contribution < -0.4 is 5.56 Å². The van der Waals surface area contributed by atoms with Crippen molar-refractivity contribution in [3.05, 3.63) is 76.1 Å². The summed E-state index contributed by atoms with van der Waals surface area (Å²) in [6.07, 6.45) is 0. The molecule has 0 aliphatic rings. The van der Waals surface area contributed by atoms with Crippen molar-refractivity contribution >= 4 is 28.6 Å². The van der Waals surface area contributed by atoms with Crippen molar-refractivity contribution in [1.29, 1.82) is 0 Å². The molecule has 30 heavy (non-hydrogen) atoms. The van der Waals surface area contributed by atoms with Crippen LogP contribution in [0.5, 0.6) is 0 Å². The number of para-hydroxylation sites is 2. The second kappa shape index (κ2) is 9.30. The molecule has 0 saturated carbocycles. The van der Waals surface area contributed by atoms with Gasteiger partial charge in [0.1, 0.15) is 0 Å². The lowest BCUT2D eigenvalue weighted by molar-refractivity contribution is -0.127. The van der Waals surface area contributed by atoms with Crippen molar-refractivity contribution in [1.82, 2.24) is 14.5 Å². The fourth-order valence-corrected chi connectivity index (χ4v) is 4.39. The third-order valence-electron chi connectivity index (χ3n) is 4.93. The average Bonchev–Trinajstić information content (AvgIpc) is 2.71. The molecular weight excluding hydrogens is 394 g/mol. The normalized spacial score (nSPS) is 10.9. The molecule has 1 heterocycles. The SMILES string of the molecule is C=C(C)CN(CC)C(=O)CSc1nc2ccccc2c(=O)n1-c1c(C)cccc1C.